The summed E-state index contributed by atoms with van der Waals surface area (Å²) in [4.78, 5) is 23.7. The molecule has 1 amide bonds. The lowest BCUT2D eigenvalue weighted by Crippen LogP contribution is -2.29. The summed E-state index contributed by atoms with van der Waals surface area (Å²) in [6.45, 7) is 3.67. The monoisotopic (exact) mass is 391 g/mol. The summed E-state index contributed by atoms with van der Waals surface area (Å²) in [5.41, 5.74) is 7.19. The van der Waals surface area contributed by atoms with Crippen LogP contribution in [-0.2, 0) is 14.3 Å². The van der Waals surface area contributed by atoms with E-state index >= 15 is 0 Å². The Morgan fingerprint density at radius 1 is 1.38 bits per heavy atom. The number of nitrogens with zero attached hydrogens (tertiary/aromatic N) is 1. The van der Waals surface area contributed by atoms with E-state index in [1.54, 1.807) is 38.1 Å². The second-order valence-electron chi connectivity index (χ2n) is 5.48. The van der Waals surface area contributed by atoms with Crippen molar-refractivity contribution in [2.45, 2.75) is 19.8 Å². The van der Waals surface area contributed by atoms with E-state index in [9.17, 15) is 14.9 Å². The van der Waals surface area contributed by atoms with Crippen LogP contribution in [0.15, 0.2) is 46.1 Å². The number of allylic oxidation sites excluding steroid dienone is 2. The molecule has 8 heteroatoms. The van der Waals surface area contributed by atoms with Gasteiger partial charge in [0.1, 0.15) is 0 Å². The van der Waals surface area contributed by atoms with E-state index in [2.05, 4.69) is 11.4 Å². The van der Waals surface area contributed by atoms with Crippen molar-refractivity contribution >= 4 is 35.2 Å². The fraction of sp³-hybridized carbons (Fsp3) is 0.278. The first kappa shape index (κ1) is 19.9. The fourth-order valence-corrected chi connectivity index (χ4v) is 3.59. The predicted octanol–water partition coefficient (Wildman–Crippen LogP) is 2.82. The lowest BCUT2D eigenvalue weighted by atomic mass is 9.82. The maximum atomic E-state index is 12.5. The number of dihydropyridines is 1. The molecule has 1 atom stereocenters. The Morgan fingerprint density at radius 2 is 2.04 bits per heavy atom. The number of hydrogen-bond acceptors (Lipinski definition) is 6. The first-order chi connectivity index (χ1) is 12.4. The van der Waals surface area contributed by atoms with E-state index in [0.717, 1.165) is 17.3 Å². The van der Waals surface area contributed by atoms with Crippen LogP contribution in [0.1, 0.15) is 25.3 Å². The van der Waals surface area contributed by atoms with Crippen molar-refractivity contribution in [3.05, 3.63) is 56.7 Å². The van der Waals surface area contributed by atoms with Gasteiger partial charge in [-0.05, 0) is 31.5 Å². The number of nitriles is 1. The number of halogens is 1. The maximum Gasteiger partial charge on any atom is 0.336 e. The van der Waals surface area contributed by atoms with Crippen LogP contribution in [-0.4, -0.2) is 24.2 Å². The molecule has 0 bridgehead atoms. The normalized spacial score (nSPS) is 16.8. The van der Waals surface area contributed by atoms with Crippen molar-refractivity contribution < 1.29 is 14.3 Å². The number of benzene rings is 1. The van der Waals surface area contributed by atoms with E-state index in [0.29, 0.717) is 26.9 Å². The number of primary amides is 1. The molecule has 1 unspecified atom stereocenters. The van der Waals surface area contributed by atoms with Crippen LogP contribution < -0.4 is 11.1 Å². The molecular weight excluding hydrogens is 374 g/mol. The van der Waals surface area contributed by atoms with Gasteiger partial charge in [-0.2, -0.15) is 5.26 Å². The molecule has 0 saturated heterocycles. The van der Waals surface area contributed by atoms with Crippen LogP contribution in [0, 0.1) is 11.3 Å². The summed E-state index contributed by atoms with van der Waals surface area (Å²) in [6.07, 6.45) is 0. The lowest BCUT2D eigenvalue weighted by molar-refractivity contribution is -0.138. The highest BCUT2D eigenvalue weighted by molar-refractivity contribution is 8.03. The molecule has 1 aliphatic rings. The van der Waals surface area contributed by atoms with Gasteiger partial charge in [0.05, 0.1) is 40.5 Å². The van der Waals surface area contributed by atoms with Crippen molar-refractivity contribution in [1.29, 1.82) is 5.26 Å². The first-order valence-electron chi connectivity index (χ1n) is 7.84. The van der Waals surface area contributed by atoms with E-state index in [1.165, 1.54) is 0 Å². The lowest BCUT2D eigenvalue weighted by Gasteiger charge is -2.29. The molecule has 0 fully saturated rings. The molecule has 0 aliphatic carbocycles. The number of hydrogen-bond donors (Lipinski definition) is 2. The molecule has 136 valence electrons. The van der Waals surface area contributed by atoms with Gasteiger partial charge in [-0.1, -0.05) is 35.5 Å². The van der Waals surface area contributed by atoms with Crippen molar-refractivity contribution in [2.75, 3.05) is 12.4 Å². The number of amides is 1. The average molecular weight is 392 g/mol. The predicted molar refractivity (Wildman–Crippen MR) is 101 cm³/mol. The number of nitrogens with two attached hydrogens (primary N) is 1. The number of thioether (sulfide) groups is 1. The zero-order valence-electron chi connectivity index (χ0n) is 14.3. The minimum atomic E-state index is -0.618. The van der Waals surface area contributed by atoms with Crippen molar-refractivity contribution in [1.82, 2.24) is 5.32 Å². The molecule has 3 N–H and O–H groups in total. The minimum Gasteiger partial charge on any atom is -0.463 e. The zero-order chi connectivity index (χ0) is 19.3. The Bertz CT molecular complexity index is 825. The quantitative estimate of drug-likeness (QED) is 0.722. The Kier molecular flexibility index (Phi) is 6.72. The van der Waals surface area contributed by atoms with Crippen LogP contribution in [0.25, 0.3) is 0 Å². The van der Waals surface area contributed by atoms with E-state index < -0.39 is 17.8 Å². The number of ether oxygens (including phenoxy) is 1. The second-order valence-corrected chi connectivity index (χ2v) is 6.90. The van der Waals surface area contributed by atoms with Crippen LogP contribution in [0.3, 0.4) is 0 Å². The van der Waals surface area contributed by atoms with Gasteiger partial charge in [0.2, 0.25) is 5.91 Å². The maximum absolute atomic E-state index is 12.5. The standard InChI is InChI=1S/C18H18ClN3O3S/c1-3-25-18(24)15-10(2)22-17(26-9-14(21)23)13(8-20)16(15)11-4-6-12(19)7-5-11/h4-7,16,22H,3,9H2,1-2H3,(H2,21,23). The smallest absolute Gasteiger partial charge is 0.336 e. The van der Waals surface area contributed by atoms with Gasteiger partial charge in [-0.15, -0.1) is 0 Å². The van der Waals surface area contributed by atoms with Gasteiger partial charge < -0.3 is 15.8 Å². The Morgan fingerprint density at radius 3 is 2.58 bits per heavy atom. The molecule has 0 aromatic heterocycles. The fourth-order valence-electron chi connectivity index (χ4n) is 2.64. The zero-order valence-corrected chi connectivity index (χ0v) is 15.9. The first-order valence-corrected chi connectivity index (χ1v) is 9.21. The average Bonchev–Trinajstić information content (AvgIpc) is 2.60. The molecule has 1 aliphatic heterocycles. The van der Waals surface area contributed by atoms with Gasteiger partial charge in [-0.25, -0.2) is 4.79 Å². The number of carbonyl (C=O) groups excluding carboxylic acids is 2. The third-order valence-corrected chi connectivity index (χ3v) is 5.00. The molecule has 1 aromatic carbocycles. The Balaban J connectivity index is 2.57. The van der Waals surface area contributed by atoms with Gasteiger partial charge in [0.25, 0.3) is 0 Å². The second kappa shape index (κ2) is 8.79. The van der Waals surface area contributed by atoms with Gasteiger partial charge in [-0.3, -0.25) is 4.79 Å². The molecule has 0 radical (unpaired) electrons. The van der Waals surface area contributed by atoms with Crippen molar-refractivity contribution in [2.24, 2.45) is 5.73 Å². The van der Waals surface area contributed by atoms with Crippen LogP contribution in [0.4, 0.5) is 0 Å². The summed E-state index contributed by atoms with van der Waals surface area (Å²) in [6, 6.07) is 9.08. The number of carbonyl (C=O) groups is 2. The molecular formula is C18H18ClN3O3S. The van der Waals surface area contributed by atoms with E-state index in [1.807, 2.05) is 0 Å². The third-order valence-electron chi connectivity index (χ3n) is 3.70. The highest BCUT2D eigenvalue weighted by Gasteiger charge is 2.35. The van der Waals surface area contributed by atoms with Crippen LogP contribution in [0.2, 0.25) is 5.02 Å². The Labute approximate surface area is 161 Å². The summed E-state index contributed by atoms with van der Waals surface area (Å²) >= 11 is 7.09. The molecule has 2 rings (SSSR count). The largest absolute Gasteiger partial charge is 0.463 e. The summed E-state index contributed by atoms with van der Waals surface area (Å²) in [7, 11) is 0. The molecule has 1 aromatic rings. The summed E-state index contributed by atoms with van der Waals surface area (Å²) in [5.74, 6) is -1.59. The molecule has 1 heterocycles. The van der Waals surface area contributed by atoms with Crippen molar-refractivity contribution in [3.8, 4) is 6.07 Å². The summed E-state index contributed by atoms with van der Waals surface area (Å²) in [5, 5.41) is 13.8. The third kappa shape index (κ3) is 4.40. The van der Waals surface area contributed by atoms with Crippen LogP contribution >= 0.6 is 23.4 Å². The van der Waals surface area contributed by atoms with E-state index in [-0.39, 0.29) is 12.4 Å². The molecule has 0 saturated carbocycles. The number of rotatable bonds is 6. The highest BCUT2D eigenvalue weighted by Crippen LogP contribution is 2.41. The van der Waals surface area contributed by atoms with Gasteiger partial charge in [0, 0.05) is 10.7 Å². The Hall–Kier alpha value is -2.43. The topological polar surface area (TPSA) is 105 Å². The number of nitrogens with one attached hydrogen (secondary N) is 1. The van der Waals surface area contributed by atoms with Crippen molar-refractivity contribution in [3.63, 3.8) is 0 Å². The van der Waals surface area contributed by atoms with Crippen LogP contribution in [0.5, 0.6) is 0 Å². The van der Waals surface area contributed by atoms with Gasteiger partial charge >= 0.3 is 5.97 Å². The molecule has 26 heavy (non-hydrogen) atoms. The molecule has 0 spiro atoms. The van der Waals surface area contributed by atoms with Gasteiger partial charge in [0.15, 0.2) is 0 Å². The van der Waals surface area contributed by atoms with E-state index in [4.69, 9.17) is 22.1 Å². The molecule has 6 nitrogen and oxygen atoms in total. The summed E-state index contributed by atoms with van der Waals surface area (Å²) < 4.78 is 5.18. The minimum absolute atomic E-state index is 0.0167. The number of esters is 1. The SMILES string of the molecule is CCOC(=O)C1=C(C)NC(SCC(N)=O)=C(C#N)C1c1ccc(Cl)cc1. The highest BCUT2D eigenvalue weighted by atomic mass is 35.5.